The smallest absolute Gasteiger partial charge is 0.410 e. The Kier molecular flexibility index (Phi) is 3.50. The first-order chi connectivity index (χ1) is 8.56. The van der Waals surface area contributed by atoms with Crippen LogP contribution in [-0.2, 0) is 16.1 Å². The van der Waals surface area contributed by atoms with Gasteiger partial charge in [0.2, 0.25) is 0 Å². The SMILES string of the molecule is Cc1ccc(CN2CC(C(=O)O)COC2=O)cc1. The molecule has 2 rings (SSSR count). The third-order valence-corrected chi connectivity index (χ3v) is 2.95. The van der Waals surface area contributed by atoms with Crippen LogP contribution in [0.2, 0.25) is 0 Å². The number of nitrogens with zero attached hydrogens (tertiary/aromatic N) is 1. The lowest BCUT2D eigenvalue weighted by atomic mass is 10.1. The van der Waals surface area contributed by atoms with Crippen molar-refractivity contribution in [1.82, 2.24) is 4.90 Å². The highest BCUT2D eigenvalue weighted by Crippen LogP contribution is 2.15. The van der Waals surface area contributed by atoms with E-state index in [0.29, 0.717) is 6.54 Å². The highest BCUT2D eigenvalue weighted by molar-refractivity contribution is 5.75. The van der Waals surface area contributed by atoms with Gasteiger partial charge in [0.15, 0.2) is 0 Å². The molecule has 1 amide bonds. The standard InChI is InChI=1S/C13H15NO4/c1-9-2-4-10(5-3-9)6-14-7-11(12(15)16)8-18-13(14)17/h2-5,11H,6-8H2,1H3,(H,15,16). The van der Waals surface area contributed by atoms with Crippen molar-refractivity contribution < 1.29 is 19.4 Å². The highest BCUT2D eigenvalue weighted by Gasteiger charge is 2.31. The number of aryl methyl sites for hydroxylation is 1. The second kappa shape index (κ2) is 5.08. The lowest BCUT2D eigenvalue weighted by Crippen LogP contribution is -2.45. The van der Waals surface area contributed by atoms with Crippen molar-refractivity contribution in [2.45, 2.75) is 13.5 Å². The van der Waals surface area contributed by atoms with Crippen LogP contribution in [-0.4, -0.2) is 35.2 Å². The number of cyclic esters (lactones) is 1. The fourth-order valence-corrected chi connectivity index (χ4v) is 1.85. The number of amides is 1. The van der Waals surface area contributed by atoms with Gasteiger partial charge in [0.25, 0.3) is 0 Å². The molecule has 1 aliphatic heterocycles. The van der Waals surface area contributed by atoms with Crippen molar-refractivity contribution in [3.63, 3.8) is 0 Å². The van der Waals surface area contributed by atoms with Crippen molar-refractivity contribution in [3.8, 4) is 0 Å². The number of rotatable bonds is 3. The number of benzene rings is 1. The molecule has 5 nitrogen and oxygen atoms in total. The fraction of sp³-hybridized carbons (Fsp3) is 0.385. The molecule has 1 aromatic carbocycles. The lowest BCUT2D eigenvalue weighted by Gasteiger charge is -2.30. The number of carbonyl (C=O) groups excluding carboxylic acids is 1. The first-order valence-corrected chi connectivity index (χ1v) is 5.76. The Labute approximate surface area is 105 Å². The number of ether oxygens (including phenoxy) is 1. The second-order valence-electron chi connectivity index (χ2n) is 4.48. The third-order valence-electron chi connectivity index (χ3n) is 2.95. The average Bonchev–Trinajstić information content (AvgIpc) is 2.34. The van der Waals surface area contributed by atoms with Crippen molar-refractivity contribution in [2.75, 3.05) is 13.2 Å². The summed E-state index contributed by atoms with van der Waals surface area (Å²) in [5, 5.41) is 8.93. The molecule has 0 aliphatic carbocycles. The van der Waals surface area contributed by atoms with E-state index in [9.17, 15) is 9.59 Å². The molecule has 0 radical (unpaired) electrons. The predicted molar refractivity (Wildman–Crippen MR) is 64.1 cm³/mol. The van der Waals surface area contributed by atoms with E-state index in [-0.39, 0.29) is 13.2 Å². The van der Waals surface area contributed by atoms with Gasteiger partial charge in [-0.05, 0) is 12.5 Å². The summed E-state index contributed by atoms with van der Waals surface area (Å²) in [4.78, 5) is 23.9. The van der Waals surface area contributed by atoms with Crippen molar-refractivity contribution in [1.29, 1.82) is 0 Å². The second-order valence-corrected chi connectivity index (χ2v) is 4.48. The zero-order chi connectivity index (χ0) is 13.1. The summed E-state index contributed by atoms with van der Waals surface area (Å²) in [7, 11) is 0. The van der Waals surface area contributed by atoms with Gasteiger partial charge in [-0.1, -0.05) is 29.8 Å². The average molecular weight is 249 g/mol. The molecule has 0 saturated carbocycles. The van der Waals surface area contributed by atoms with Crippen molar-refractivity contribution >= 4 is 12.1 Å². The number of carbonyl (C=O) groups is 2. The summed E-state index contributed by atoms with van der Waals surface area (Å²) in [6.45, 7) is 2.52. The van der Waals surface area contributed by atoms with Crippen LogP contribution in [0.3, 0.4) is 0 Å². The Bertz CT molecular complexity index is 455. The molecule has 1 aromatic rings. The maximum Gasteiger partial charge on any atom is 0.410 e. The van der Waals surface area contributed by atoms with Crippen LogP contribution in [0.5, 0.6) is 0 Å². The van der Waals surface area contributed by atoms with Crippen LogP contribution in [0.4, 0.5) is 4.79 Å². The minimum Gasteiger partial charge on any atom is -0.481 e. The van der Waals surface area contributed by atoms with Crippen LogP contribution in [0.1, 0.15) is 11.1 Å². The minimum absolute atomic E-state index is 0.0431. The topological polar surface area (TPSA) is 66.8 Å². The van der Waals surface area contributed by atoms with E-state index in [1.807, 2.05) is 31.2 Å². The van der Waals surface area contributed by atoms with Crippen LogP contribution >= 0.6 is 0 Å². The summed E-state index contributed by atoms with van der Waals surface area (Å²) < 4.78 is 4.87. The molecule has 1 aliphatic rings. The molecule has 18 heavy (non-hydrogen) atoms. The Hall–Kier alpha value is -2.04. The Morgan fingerprint density at radius 2 is 2.11 bits per heavy atom. The molecular formula is C13H15NO4. The Balaban J connectivity index is 2.04. The van der Waals surface area contributed by atoms with Crippen LogP contribution in [0.25, 0.3) is 0 Å². The zero-order valence-electron chi connectivity index (χ0n) is 10.1. The largest absolute Gasteiger partial charge is 0.481 e. The van der Waals surface area contributed by atoms with Crippen LogP contribution in [0.15, 0.2) is 24.3 Å². The number of carboxylic acids is 1. The van der Waals surface area contributed by atoms with Crippen molar-refractivity contribution in [3.05, 3.63) is 35.4 Å². The third kappa shape index (κ3) is 2.80. The van der Waals surface area contributed by atoms with Gasteiger partial charge in [-0.3, -0.25) is 4.79 Å². The van der Waals surface area contributed by atoms with Gasteiger partial charge in [-0.25, -0.2) is 4.79 Å². The van der Waals surface area contributed by atoms with E-state index < -0.39 is 18.0 Å². The molecule has 0 bridgehead atoms. The van der Waals surface area contributed by atoms with Gasteiger partial charge in [0, 0.05) is 13.1 Å². The lowest BCUT2D eigenvalue weighted by molar-refractivity contribution is -0.145. The fourth-order valence-electron chi connectivity index (χ4n) is 1.85. The molecule has 1 atom stereocenters. The predicted octanol–water partition coefficient (Wildman–Crippen LogP) is 1.65. The van der Waals surface area contributed by atoms with E-state index in [1.165, 1.54) is 4.90 Å². The maximum atomic E-state index is 11.5. The minimum atomic E-state index is -0.934. The number of aliphatic carboxylic acids is 1. The first kappa shape index (κ1) is 12.4. The van der Waals surface area contributed by atoms with E-state index in [4.69, 9.17) is 9.84 Å². The van der Waals surface area contributed by atoms with E-state index in [1.54, 1.807) is 0 Å². The van der Waals surface area contributed by atoms with Gasteiger partial charge in [0.1, 0.15) is 12.5 Å². The summed E-state index contributed by atoms with van der Waals surface area (Å²) >= 11 is 0. The quantitative estimate of drug-likeness (QED) is 0.884. The van der Waals surface area contributed by atoms with Gasteiger partial charge >= 0.3 is 12.1 Å². The molecule has 5 heteroatoms. The van der Waals surface area contributed by atoms with E-state index >= 15 is 0 Å². The Morgan fingerprint density at radius 1 is 1.44 bits per heavy atom. The monoisotopic (exact) mass is 249 g/mol. The molecule has 96 valence electrons. The molecule has 1 fully saturated rings. The summed E-state index contributed by atoms with van der Waals surface area (Å²) in [6, 6.07) is 7.76. The number of hydrogen-bond donors (Lipinski definition) is 1. The van der Waals surface area contributed by atoms with E-state index in [2.05, 4.69) is 0 Å². The molecule has 1 heterocycles. The van der Waals surface area contributed by atoms with Gasteiger partial charge in [-0.2, -0.15) is 0 Å². The van der Waals surface area contributed by atoms with Crippen LogP contribution in [0, 0.1) is 12.8 Å². The summed E-state index contributed by atoms with van der Waals surface area (Å²) in [5.41, 5.74) is 2.10. The highest BCUT2D eigenvalue weighted by atomic mass is 16.6. The van der Waals surface area contributed by atoms with Gasteiger partial charge in [0.05, 0.1) is 0 Å². The number of carboxylic acid groups (broad SMARTS) is 1. The van der Waals surface area contributed by atoms with E-state index in [0.717, 1.165) is 11.1 Å². The van der Waals surface area contributed by atoms with Crippen LogP contribution < -0.4 is 0 Å². The molecule has 1 saturated heterocycles. The molecule has 0 spiro atoms. The number of hydrogen-bond acceptors (Lipinski definition) is 3. The zero-order valence-corrected chi connectivity index (χ0v) is 10.1. The summed E-state index contributed by atoms with van der Waals surface area (Å²) in [5.74, 6) is -1.58. The normalized spacial score (nSPS) is 19.5. The van der Waals surface area contributed by atoms with Crippen molar-refractivity contribution in [2.24, 2.45) is 5.92 Å². The maximum absolute atomic E-state index is 11.5. The molecule has 1 N–H and O–H groups in total. The molecular weight excluding hydrogens is 234 g/mol. The van der Waals surface area contributed by atoms with Gasteiger partial charge in [-0.15, -0.1) is 0 Å². The molecule has 0 aromatic heterocycles. The first-order valence-electron chi connectivity index (χ1n) is 5.76. The Morgan fingerprint density at radius 3 is 2.72 bits per heavy atom. The summed E-state index contributed by atoms with van der Waals surface area (Å²) in [6.07, 6.45) is -0.451. The van der Waals surface area contributed by atoms with Gasteiger partial charge < -0.3 is 14.7 Å². The molecule has 1 unspecified atom stereocenters.